The van der Waals surface area contributed by atoms with Crippen molar-refractivity contribution >= 4 is 29.2 Å². The monoisotopic (exact) mass is 369 g/mol. The van der Waals surface area contributed by atoms with Gasteiger partial charge in [0, 0.05) is 6.42 Å². The van der Waals surface area contributed by atoms with E-state index < -0.39 is 17.6 Å². The fourth-order valence-corrected chi connectivity index (χ4v) is 2.84. The maximum Gasteiger partial charge on any atom is 0.328 e. The van der Waals surface area contributed by atoms with Crippen molar-refractivity contribution in [1.82, 2.24) is 5.32 Å². The molecule has 25 heavy (non-hydrogen) atoms. The molecule has 1 aromatic rings. The molecule has 0 saturated carbocycles. The van der Waals surface area contributed by atoms with Crippen molar-refractivity contribution in [1.29, 1.82) is 0 Å². The lowest BCUT2D eigenvalue weighted by atomic mass is 10.1. The minimum Gasteiger partial charge on any atom is -0.467 e. The van der Waals surface area contributed by atoms with Crippen LogP contribution in [0.5, 0.6) is 0 Å². The van der Waals surface area contributed by atoms with E-state index in [1.165, 1.54) is 18.4 Å². The molecule has 1 rings (SSSR count). The molecule has 0 fully saturated rings. The minimum atomic E-state index is -0.680. The number of rotatable bonds is 9. The van der Waals surface area contributed by atoms with Crippen molar-refractivity contribution in [2.45, 2.75) is 64.5 Å². The van der Waals surface area contributed by atoms with Crippen molar-refractivity contribution in [2.24, 2.45) is 0 Å². The van der Waals surface area contributed by atoms with Gasteiger partial charge in [0.2, 0.25) is 0 Å². The lowest BCUT2D eigenvalue weighted by Gasteiger charge is -2.19. The Labute approximate surface area is 152 Å². The zero-order valence-corrected chi connectivity index (χ0v) is 16.1. The summed E-state index contributed by atoms with van der Waals surface area (Å²) < 4.78 is 10.0. The number of esters is 2. The lowest BCUT2D eigenvalue weighted by molar-refractivity contribution is -0.155. The fraction of sp³-hybridized carbons (Fsp3) is 0.611. The molecular formula is C18H27NO5S. The average molecular weight is 369 g/mol. The van der Waals surface area contributed by atoms with Crippen LogP contribution in [0.25, 0.3) is 0 Å². The maximum absolute atomic E-state index is 12.1. The van der Waals surface area contributed by atoms with E-state index in [4.69, 9.17) is 9.47 Å². The number of thiophene rings is 1. The van der Waals surface area contributed by atoms with Crippen LogP contribution in [0.2, 0.25) is 0 Å². The first-order valence-electron chi connectivity index (χ1n) is 8.37. The summed E-state index contributed by atoms with van der Waals surface area (Å²) >= 11 is 1.32. The molecule has 0 spiro atoms. The van der Waals surface area contributed by atoms with Crippen LogP contribution in [0.1, 0.15) is 62.5 Å². The summed E-state index contributed by atoms with van der Waals surface area (Å²) in [5, 5.41) is 4.51. The number of carbonyl (C=O) groups is 3. The van der Waals surface area contributed by atoms with Gasteiger partial charge in [-0.1, -0.05) is 18.9 Å². The summed E-state index contributed by atoms with van der Waals surface area (Å²) in [6.45, 7) is 5.51. The molecule has 0 aromatic carbocycles. The second kappa shape index (κ2) is 10.2. The molecule has 1 amide bonds. The number of unbranched alkanes of at least 4 members (excludes halogenated alkanes) is 2. The van der Waals surface area contributed by atoms with Gasteiger partial charge in [0.1, 0.15) is 11.6 Å². The molecule has 0 aliphatic rings. The molecule has 0 aliphatic carbocycles. The number of carbonyl (C=O) groups excluding carboxylic acids is 3. The van der Waals surface area contributed by atoms with Crippen LogP contribution in [-0.2, 0) is 19.1 Å². The Morgan fingerprint density at radius 2 is 1.92 bits per heavy atom. The summed E-state index contributed by atoms with van der Waals surface area (Å²) in [4.78, 5) is 36.1. The van der Waals surface area contributed by atoms with Crippen LogP contribution < -0.4 is 5.32 Å². The van der Waals surface area contributed by atoms with E-state index >= 15 is 0 Å². The molecule has 0 bridgehead atoms. The van der Waals surface area contributed by atoms with E-state index in [1.807, 2.05) is 20.8 Å². The molecule has 0 radical (unpaired) electrons. The van der Waals surface area contributed by atoms with E-state index in [0.29, 0.717) is 30.6 Å². The SMILES string of the molecule is COC(=O)[C@H](CCCCCC(=O)OC(C)(C)C)NC(=O)c1cccs1. The van der Waals surface area contributed by atoms with Gasteiger partial charge in [-0.05, 0) is 45.1 Å². The van der Waals surface area contributed by atoms with Gasteiger partial charge in [0.05, 0.1) is 12.0 Å². The predicted octanol–water partition coefficient (Wildman–Crippen LogP) is 3.31. The molecule has 0 aliphatic heterocycles. The maximum atomic E-state index is 12.1. The van der Waals surface area contributed by atoms with Crippen LogP contribution in [0.3, 0.4) is 0 Å². The van der Waals surface area contributed by atoms with Gasteiger partial charge in [0.25, 0.3) is 5.91 Å². The minimum absolute atomic E-state index is 0.219. The van der Waals surface area contributed by atoms with Gasteiger partial charge < -0.3 is 14.8 Å². The Morgan fingerprint density at radius 3 is 2.48 bits per heavy atom. The van der Waals surface area contributed by atoms with Crippen molar-refractivity contribution in [3.63, 3.8) is 0 Å². The average Bonchev–Trinajstić information content (AvgIpc) is 3.05. The Morgan fingerprint density at radius 1 is 1.20 bits per heavy atom. The standard InChI is InChI=1S/C18H27NO5S/c1-18(2,3)24-15(20)11-7-5-6-9-13(17(22)23-4)19-16(21)14-10-8-12-25-14/h8,10,12-13H,5-7,9,11H2,1-4H3,(H,19,21)/t13-/m0/s1. The number of hydrogen-bond acceptors (Lipinski definition) is 6. The Bertz CT molecular complexity index is 563. The highest BCUT2D eigenvalue weighted by molar-refractivity contribution is 7.12. The molecule has 6 nitrogen and oxygen atoms in total. The smallest absolute Gasteiger partial charge is 0.328 e. The molecule has 1 N–H and O–H groups in total. The summed E-state index contributed by atoms with van der Waals surface area (Å²) in [6, 6.07) is 2.81. The second-order valence-electron chi connectivity index (χ2n) is 6.71. The van der Waals surface area contributed by atoms with E-state index in [-0.39, 0.29) is 11.9 Å². The molecule has 7 heteroatoms. The Kier molecular flexibility index (Phi) is 8.61. The van der Waals surface area contributed by atoms with Gasteiger partial charge in [-0.3, -0.25) is 9.59 Å². The normalized spacial score (nSPS) is 12.3. The van der Waals surface area contributed by atoms with Crippen molar-refractivity contribution in [3.8, 4) is 0 Å². The van der Waals surface area contributed by atoms with Crippen LogP contribution in [0, 0.1) is 0 Å². The van der Waals surface area contributed by atoms with Crippen LogP contribution in [-0.4, -0.2) is 36.6 Å². The first-order valence-corrected chi connectivity index (χ1v) is 9.25. The third-order valence-corrected chi connectivity index (χ3v) is 4.20. The van der Waals surface area contributed by atoms with Gasteiger partial charge in [-0.15, -0.1) is 11.3 Å². The highest BCUT2D eigenvalue weighted by Gasteiger charge is 2.22. The van der Waals surface area contributed by atoms with Crippen LogP contribution >= 0.6 is 11.3 Å². The lowest BCUT2D eigenvalue weighted by Crippen LogP contribution is -2.41. The Balaban J connectivity index is 2.35. The third kappa shape index (κ3) is 8.67. The van der Waals surface area contributed by atoms with E-state index in [2.05, 4.69) is 5.32 Å². The van der Waals surface area contributed by atoms with Crippen molar-refractivity contribution in [2.75, 3.05) is 7.11 Å². The quantitative estimate of drug-likeness (QED) is 0.533. The van der Waals surface area contributed by atoms with E-state index in [0.717, 1.165) is 6.42 Å². The zero-order valence-electron chi connectivity index (χ0n) is 15.3. The molecular weight excluding hydrogens is 342 g/mol. The second-order valence-corrected chi connectivity index (χ2v) is 7.66. The van der Waals surface area contributed by atoms with Gasteiger partial charge in [-0.2, -0.15) is 0 Å². The molecule has 0 unspecified atom stereocenters. The molecule has 140 valence electrons. The summed E-state index contributed by atoms with van der Waals surface area (Å²) in [7, 11) is 1.30. The first kappa shape index (κ1) is 21.2. The summed E-state index contributed by atoms with van der Waals surface area (Å²) in [5.74, 6) is -0.959. The summed E-state index contributed by atoms with van der Waals surface area (Å²) in [5.41, 5.74) is -0.473. The van der Waals surface area contributed by atoms with Crippen molar-refractivity contribution in [3.05, 3.63) is 22.4 Å². The zero-order chi connectivity index (χ0) is 18.9. The number of ether oxygens (including phenoxy) is 2. The molecule has 0 saturated heterocycles. The highest BCUT2D eigenvalue weighted by Crippen LogP contribution is 2.13. The van der Waals surface area contributed by atoms with Crippen molar-refractivity contribution < 1.29 is 23.9 Å². The number of hydrogen-bond donors (Lipinski definition) is 1. The number of amides is 1. The van der Waals surface area contributed by atoms with Gasteiger partial charge in [-0.25, -0.2) is 4.79 Å². The highest BCUT2D eigenvalue weighted by atomic mass is 32.1. The topological polar surface area (TPSA) is 81.7 Å². The molecule has 1 aromatic heterocycles. The van der Waals surface area contributed by atoms with Crippen LogP contribution in [0.4, 0.5) is 0 Å². The largest absolute Gasteiger partial charge is 0.467 e. The summed E-state index contributed by atoms with van der Waals surface area (Å²) in [6.07, 6.45) is 2.97. The predicted molar refractivity (Wildman–Crippen MR) is 96.5 cm³/mol. The number of nitrogens with one attached hydrogen (secondary N) is 1. The van der Waals surface area contributed by atoms with Gasteiger partial charge in [0.15, 0.2) is 0 Å². The fourth-order valence-electron chi connectivity index (χ4n) is 2.22. The molecule has 1 atom stereocenters. The third-order valence-electron chi connectivity index (χ3n) is 3.33. The van der Waals surface area contributed by atoms with Crippen LogP contribution in [0.15, 0.2) is 17.5 Å². The number of methoxy groups -OCH3 is 1. The first-order chi connectivity index (χ1) is 11.7. The van der Waals surface area contributed by atoms with E-state index in [1.54, 1.807) is 17.5 Å². The van der Waals surface area contributed by atoms with Gasteiger partial charge >= 0.3 is 11.9 Å². The molecule has 1 heterocycles. The Hall–Kier alpha value is -1.89. The van der Waals surface area contributed by atoms with E-state index in [9.17, 15) is 14.4 Å².